The SMILES string of the molecule is O=C(O)c1ccc(NC(=O)C2CC3C=CC2C3)cn1. The number of amides is 1. The number of carboxylic acid groups (broad SMARTS) is 1. The Morgan fingerprint density at radius 3 is 2.63 bits per heavy atom. The van der Waals surface area contributed by atoms with Crippen molar-refractivity contribution in [3.05, 3.63) is 36.2 Å². The van der Waals surface area contributed by atoms with Gasteiger partial charge in [0.2, 0.25) is 5.91 Å². The Balaban J connectivity index is 1.66. The van der Waals surface area contributed by atoms with Crippen molar-refractivity contribution < 1.29 is 14.7 Å². The first-order valence-corrected chi connectivity index (χ1v) is 6.32. The Bertz CT molecular complexity index is 550. The molecular formula is C14H14N2O3. The van der Waals surface area contributed by atoms with E-state index < -0.39 is 5.97 Å². The van der Waals surface area contributed by atoms with Gasteiger partial charge in [-0.25, -0.2) is 9.78 Å². The van der Waals surface area contributed by atoms with E-state index in [2.05, 4.69) is 22.5 Å². The minimum absolute atomic E-state index is 0.00160. The summed E-state index contributed by atoms with van der Waals surface area (Å²) in [6.07, 6.45) is 7.69. The van der Waals surface area contributed by atoms with E-state index in [0.29, 0.717) is 17.5 Å². The summed E-state index contributed by atoms with van der Waals surface area (Å²) in [6.45, 7) is 0. The summed E-state index contributed by atoms with van der Waals surface area (Å²) in [5.41, 5.74) is 0.516. The maximum atomic E-state index is 12.1. The van der Waals surface area contributed by atoms with Gasteiger partial charge in [0, 0.05) is 5.92 Å². The quantitative estimate of drug-likeness (QED) is 0.812. The zero-order valence-electron chi connectivity index (χ0n) is 10.2. The molecule has 0 saturated heterocycles. The summed E-state index contributed by atoms with van der Waals surface area (Å²) in [6, 6.07) is 2.95. The van der Waals surface area contributed by atoms with Gasteiger partial charge in [-0.2, -0.15) is 0 Å². The van der Waals surface area contributed by atoms with Crippen molar-refractivity contribution in [2.24, 2.45) is 17.8 Å². The van der Waals surface area contributed by atoms with Gasteiger partial charge in [0.05, 0.1) is 11.9 Å². The van der Waals surface area contributed by atoms with Crippen LogP contribution in [0.3, 0.4) is 0 Å². The minimum atomic E-state index is -1.07. The molecule has 1 heterocycles. The van der Waals surface area contributed by atoms with Crippen LogP contribution < -0.4 is 5.32 Å². The summed E-state index contributed by atoms with van der Waals surface area (Å²) in [5, 5.41) is 11.6. The summed E-state index contributed by atoms with van der Waals surface area (Å²) in [4.78, 5) is 26.6. The van der Waals surface area contributed by atoms with E-state index in [-0.39, 0.29) is 17.5 Å². The van der Waals surface area contributed by atoms with Crippen molar-refractivity contribution >= 4 is 17.6 Å². The molecule has 3 atom stereocenters. The van der Waals surface area contributed by atoms with Gasteiger partial charge in [-0.05, 0) is 36.8 Å². The lowest BCUT2D eigenvalue weighted by molar-refractivity contribution is -0.120. The van der Waals surface area contributed by atoms with Crippen LogP contribution in [0.2, 0.25) is 0 Å². The summed E-state index contributed by atoms with van der Waals surface area (Å²) in [5.74, 6) is -0.128. The van der Waals surface area contributed by atoms with Crippen molar-refractivity contribution in [2.75, 3.05) is 5.32 Å². The number of allylic oxidation sites excluding steroid dienone is 2. The molecule has 1 fully saturated rings. The summed E-state index contributed by atoms with van der Waals surface area (Å²) >= 11 is 0. The third kappa shape index (κ3) is 2.23. The van der Waals surface area contributed by atoms with Crippen molar-refractivity contribution in [1.29, 1.82) is 0 Å². The molecule has 19 heavy (non-hydrogen) atoms. The topological polar surface area (TPSA) is 79.3 Å². The fraction of sp³-hybridized carbons (Fsp3) is 0.357. The first-order chi connectivity index (χ1) is 9.13. The third-order valence-corrected chi connectivity index (χ3v) is 3.87. The first kappa shape index (κ1) is 11.9. The Labute approximate surface area is 110 Å². The highest BCUT2D eigenvalue weighted by Gasteiger charge is 2.39. The number of carbonyl (C=O) groups is 2. The van der Waals surface area contributed by atoms with Gasteiger partial charge in [0.1, 0.15) is 5.69 Å². The molecule has 5 heteroatoms. The van der Waals surface area contributed by atoms with Crippen molar-refractivity contribution in [2.45, 2.75) is 12.8 Å². The number of carboxylic acids is 1. The molecule has 3 unspecified atom stereocenters. The Kier molecular flexibility index (Phi) is 2.81. The van der Waals surface area contributed by atoms with Crippen LogP contribution in [0.25, 0.3) is 0 Å². The molecule has 0 spiro atoms. The maximum Gasteiger partial charge on any atom is 0.354 e. The number of aromatic carboxylic acids is 1. The molecule has 2 bridgehead atoms. The number of fused-ring (bicyclic) bond motifs is 2. The van der Waals surface area contributed by atoms with Gasteiger partial charge in [-0.3, -0.25) is 4.79 Å². The van der Waals surface area contributed by atoms with E-state index in [0.717, 1.165) is 12.8 Å². The van der Waals surface area contributed by atoms with Crippen molar-refractivity contribution in [1.82, 2.24) is 4.98 Å². The highest BCUT2D eigenvalue weighted by atomic mass is 16.4. The standard InChI is InChI=1S/C14H14N2O3/c17-13(11-6-8-1-2-9(11)5-8)16-10-3-4-12(14(18)19)15-7-10/h1-4,7-9,11H,5-6H2,(H,16,17)(H,18,19). The number of aromatic nitrogens is 1. The van der Waals surface area contributed by atoms with E-state index in [4.69, 9.17) is 5.11 Å². The normalized spacial score (nSPS) is 27.5. The van der Waals surface area contributed by atoms with Crippen LogP contribution in [0, 0.1) is 17.8 Å². The predicted octanol–water partition coefficient (Wildman–Crippen LogP) is 1.93. The molecule has 1 saturated carbocycles. The number of nitrogens with one attached hydrogen (secondary N) is 1. The van der Waals surface area contributed by atoms with Crippen LogP contribution in [-0.2, 0) is 4.79 Å². The second-order valence-electron chi connectivity index (χ2n) is 5.11. The average molecular weight is 258 g/mol. The fourth-order valence-electron chi connectivity index (χ4n) is 2.91. The highest BCUT2D eigenvalue weighted by Crippen LogP contribution is 2.43. The maximum absolute atomic E-state index is 12.1. The van der Waals surface area contributed by atoms with Gasteiger partial charge >= 0.3 is 5.97 Å². The zero-order chi connectivity index (χ0) is 13.4. The molecule has 0 radical (unpaired) electrons. The second kappa shape index (κ2) is 4.50. The number of hydrogen-bond donors (Lipinski definition) is 2. The van der Waals surface area contributed by atoms with Crippen LogP contribution in [0.5, 0.6) is 0 Å². The molecule has 1 amide bonds. The van der Waals surface area contributed by atoms with E-state index in [1.54, 1.807) is 6.07 Å². The number of anilines is 1. The average Bonchev–Trinajstić information content (AvgIpc) is 3.01. The minimum Gasteiger partial charge on any atom is -0.477 e. The second-order valence-corrected chi connectivity index (χ2v) is 5.11. The lowest BCUT2D eigenvalue weighted by atomic mass is 9.93. The van der Waals surface area contributed by atoms with Gasteiger partial charge in [-0.15, -0.1) is 0 Å². The Morgan fingerprint density at radius 1 is 1.26 bits per heavy atom. The van der Waals surface area contributed by atoms with Gasteiger partial charge in [0.25, 0.3) is 0 Å². The molecule has 5 nitrogen and oxygen atoms in total. The van der Waals surface area contributed by atoms with Gasteiger partial charge < -0.3 is 10.4 Å². The zero-order valence-corrected chi connectivity index (χ0v) is 10.2. The van der Waals surface area contributed by atoms with Crippen LogP contribution in [0.1, 0.15) is 23.3 Å². The number of hydrogen-bond acceptors (Lipinski definition) is 3. The largest absolute Gasteiger partial charge is 0.477 e. The number of pyridine rings is 1. The van der Waals surface area contributed by atoms with Crippen molar-refractivity contribution in [3.63, 3.8) is 0 Å². The van der Waals surface area contributed by atoms with Gasteiger partial charge in [-0.1, -0.05) is 12.2 Å². The summed E-state index contributed by atoms with van der Waals surface area (Å²) in [7, 11) is 0. The molecule has 2 N–H and O–H groups in total. The lowest BCUT2D eigenvalue weighted by Crippen LogP contribution is -2.26. The lowest BCUT2D eigenvalue weighted by Gasteiger charge is -2.17. The number of nitrogens with zero attached hydrogens (tertiary/aromatic N) is 1. The summed E-state index contributed by atoms with van der Waals surface area (Å²) < 4.78 is 0. The van der Waals surface area contributed by atoms with Crippen LogP contribution in [0.15, 0.2) is 30.5 Å². The molecule has 2 aliphatic rings. The molecule has 3 rings (SSSR count). The number of carbonyl (C=O) groups excluding carboxylic acids is 1. The first-order valence-electron chi connectivity index (χ1n) is 6.32. The molecule has 0 aliphatic heterocycles. The number of rotatable bonds is 3. The van der Waals surface area contributed by atoms with E-state index in [1.807, 2.05) is 0 Å². The van der Waals surface area contributed by atoms with Crippen LogP contribution in [-0.4, -0.2) is 22.0 Å². The molecule has 98 valence electrons. The molecule has 1 aromatic heterocycles. The third-order valence-electron chi connectivity index (χ3n) is 3.87. The molecular weight excluding hydrogens is 244 g/mol. The predicted molar refractivity (Wildman–Crippen MR) is 68.7 cm³/mol. The van der Waals surface area contributed by atoms with Crippen LogP contribution in [0.4, 0.5) is 5.69 Å². The molecule has 2 aliphatic carbocycles. The Hall–Kier alpha value is -2.17. The highest BCUT2D eigenvalue weighted by molar-refractivity contribution is 5.93. The Morgan fingerprint density at radius 2 is 2.11 bits per heavy atom. The van der Waals surface area contributed by atoms with Gasteiger partial charge in [0.15, 0.2) is 0 Å². The van der Waals surface area contributed by atoms with E-state index in [1.165, 1.54) is 12.3 Å². The van der Waals surface area contributed by atoms with E-state index in [9.17, 15) is 9.59 Å². The van der Waals surface area contributed by atoms with Crippen molar-refractivity contribution in [3.8, 4) is 0 Å². The van der Waals surface area contributed by atoms with Crippen LogP contribution >= 0.6 is 0 Å². The van der Waals surface area contributed by atoms with E-state index >= 15 is 0 Å². The fourth-order valence-corrected chi connectivity index (χ4v) is 2.91. The molecule has 1 aromatic rings. The monoisotopic (exact) mass is 258 g/mol. The molecule has 0 aromatic carbocycles. The smallest absolute Gasteiger partial charge is 0.354 e.